The highest BCUT2D eigenvalue weighted by atomic mass is 35.5. The van der Waals surface area contributed by atoms with Crippen LogP contribution in [-0.4, -0.2) is 74.8 Å². The molecule has 0 saturated carbocycles. The molecule has 0 amide bonds. The summed E-state index contributed by atoms with van der Waals surface area (Å²) in [6.45, 7) is 6.88. The largest absolute Gasteiger partial charge is 0.379 e. The summed E-state index contributed by atoms with van der Waals surface area (Å²) in [5.41, 5.74) is 0. The van der Waals surface area contributed by atoms with Crippen LogP contribution in [-0.2, 0) is 11.2 Å². The van der Waals surface area contributed by atoms with Gasteiger partial charge in [0.05, 0.1) is 17.6 Å². The van der Waals surface area contributed by atoms with E-state index in [4.69, 9.17) is 16.3 Å². The van der Waals surface area contributed by atoms with Gasteiger partial charge in [0, 0.05) is 50.7 Å². The van der Waals surface area contributed by atoms with Gasteiger partial charge in [0.15, 0.2) is 5.96 Å². The Morgan fingerprint density at radius 2 is 2.22 bits per heavy atom. The van der Waals surface area contributed by atoms with Crippen LogP contribution in [0.4, 0.5) is 0 Å². The van der Waals surface area contributed by atoms with Crippen LogP contribution in [0.15, 0.2) is 17.1 Å². The highest BCUT2D eigenvalue weighted by molar-refractivity contribution is 7.16. The molecule has 0 spiro atoms. The summed E-state index contributed by atoms with van der Waals surface area (Å²) >= 11 is 7.63. The summed E-state index contributed by atoms with van der Waals surface area (Å²) in [6, 6.07) is 4.69. The zero-order chi connectivity index (χ0) is 16.1. The van der Waals surface area contributed by atoms with E-state index in [0.29, 0.717) is 6.04 Å². The summed E-state index contributed by atoms with van der Waals surface area (Å²) in [7, 11) is 1.87. The summed E-state index contributed by atoms with van der Waals surface area (Å²) < 4.78 is 6.31. The standard InChI is InChI=1S/C16H25ClN4OS/c1-18-16(19-6-4-14-2-3-15(17)23-14)21-7-5-13(12-21)20-8-10-22-11-9-20/h2-3,13H,4-12H2,1H3,(H,18,19). The SMILES string of the molecule is CN=C(NCCc1ccc(Cl)s1)N1CCC(N2CCOCC2)C1. The molecule has 1 aromatic heterocycles. The first kappa shape index (κ1) is 17.0. The third-order valence-electron chi connectivity index (χ3n) is 4.52. The van der Waals surface area contributed by atoms with Crippen LogP contribution in [0.1, 0.15) is 11.3 Å². The van der Waals surface area contributed by atoms with Gasteiger partial charge >= 0.3 is 0 Å². The Morgan fingerprint density at radius 1 is 1.39 bits per heavy atom. The van der Waals surface area contributed by atoms with E-state index in [1.807, 2.05) is 13.1 Å². The minimum atomic E-state index is 0.633. The Kier molecular flexibility index (Phi) is 6.16. The zero-order valence-electron chi connectivity index (χ0n) is 13.6. The smallest absolute Gasteiger partial charge is 0.193 e. The van der Waals surface area contributed by atoms with E-state index >= 15 is 0 Å². The minimum Gasteiger partial charge on any atom is -0.379 e. The second kappa shape index (κ2) is 8.33. The number of nitrogens with one attached hydrogen (secondary N) is 1. The molecule has 5 nitrogen and oxygen atoms in total. The van der Waals surface area contributed by atoms with E-state index in [9.17, 15) is 0 Å². The molecule has 128 valence electrons. The van der Waals surface area contributed by atoms with E-state index in [0.717, 1.165) is 62.7 Å². The van der Waals surface area contributed by atoms with Gasteiger partial charge in [0.1, 0.15) is 0 Å². The Labute approximate surface area is 147 Å². The molecule has 1 aromatic rings. The van der Waals surface area contributed by atoms with Crippen molar-refractivity contribution in [2.75, 3.05) is 53.0 Å². The van der Waals surface area contributed by atoms with Crippen molar-refractivity contribution in [2.45, 2.75) is 18.9 Å². The number of hydrogen-bond donors (Lipinski definition) is 1. The van der Waals surface area contributed by atoms with Crippen LogP contribution in [0.2, 0.25) is 4.34 Å². The number of nitrogens with zero attached hydrogens (tertiary/aromatic N) is 3. The monoisotopic (exact) mass is 356 g/mol. The maximum Gasteiger partial charge on any atom is 0.193 e. The van der Waals surface area contributed by atoms with Crippen LogP contribution in [0, 0.1) is 0 Å². The van der Waals surface area contributed by atoms with E-state index in [1.54, 1.807) is 11.3 Å². The lowest BCUT2D eigenvalue weighted by Gasteiger charge is -2.32. The van der Waals surface area contributed by atoms with Gasteiger partial charge in [-0.1, -0.05) is 11.6 Å². The minimum absolute atomic E-state index is 0.633. The average molecular weight is 357 g/mol. The van der Waals surface area contributed by atoms with Crippen molar-refractivity contribution < 1.29 is 4.74 Å². The molecule has 0 aromatic carbocycles. The number of guanidine groups is 1. The number of halogens is 1. The second-order valence-corrected chi connectivity index (χ2v) is 7.77. The maximum absolute atomic E-state index is 5.98. The molecule has 0 aliphatic carbocycles. The predicted octanol–water partition coefficient (Wildman–Crippen LogP) is 1.93. The number of thiophene rings is 1. The number of hydrogen-bond acceptors (Lipinski definition) is 4. The van der Waals surface area contributed by atoms with Crippen LogP contribution in [0.3, 0.4) is 0 Å². The first-order valence-electron chi connectivity index (χ1n) is 8.28. The third kappa shape index (κ3) is 4.59. The van der Waals surface area contributed by atoms with Gasteiger partial charge in [0.2, 0.25) is 0 Å². The van der Waals surface area contributed by atoms with Gasteiger partial charge in [-0.2, -0.15) is 0 Å². The second-order valence-electron chi connectivity index (χ2n) is 5.97. The van der Waals surface area contributed by atoms with Crippen LogP contribution >= 0.6 is 22.9 Å². The van der Waals surface area contributed by atoms with Crippen molar-refractivity contribution in [3.63, 3.8) is 0 Å². The predicted molar refractivity (Wildman–Crippen MR) is 96.8 cm³/mol. The fourth-order valence-electron chi connectivity index (χ4n) is 3.29. The molecule has 7 heteroatoms. The van der Waals surface area contributed by atoms with Gasteiger partial charge in [-0.15, -0.1) is 11.3 Å². The van der Waals surface area contributed by atoms with Gasteiger partial charge in [-0.05, 0) is 25.0 Å². The molecule has 3 heterocycles. The highest BCUT2D eigenvalue weighted by Gasteiger charge is 2.30. The summed E-state index contributed by atoms with van der Waals surface area (Å²) in [6.07, 6.45) is 2.19. The summed E-state index contributed by atoms with van der Waals surface area (Å²) in [5, 5.41) is 3.49. The van der Waals surface area contributed by atoms with Crippen LogP contribution < -0.4 is 5.32 Å². The number of ether oxygens (including phenoxy) is 1. The lowest BCUT2D eigenvalue weighted by molar-refractivity contribution is 0.0195. The van der Waals surface area contributed by atoms with Crippen LogP contribution in [0.5, 0.6) is 0 Å². The Morgan fingerprint density at radius 3 is 2.91 bits per heavy atom. The van der Waals surface area contributed by atoms with Crippen molar-refractivity contribution in [3.05, 3.63) is 21.3 Å². The topological polar surface area (TPSA) is 40.1 Å². The van der Waals surface area contributed by atoms with E-state index in [1.165, 1.54) is 11.3 Å². The first-order valence-corrected chi connectivity index (χ1v) is 9.47. The Hall–Kier alpha value is -0.820. The molecular weight excluding hydrogens is 332 g/mol. The fourth-order valence-corrected chi connectivity index (χ4v) is 4.38. The molecule has 3 rings (SSSR count). The lowest BCUT2D eigenvalue weighted by Crippen LogP contribution is -2.46. The molecule has 2 aliphatic rings. The van der Waals surface area contributed by atoms with E-state index in [2.05, 4.69) is 26.2 Å². The highest BCUT2D eigenvalue weighted by Crippen LogP contribution is 2.21. The third-order valence-corrected chi connectivity index (χ3v) is 5.81. The number of rotatable bonds is 4. The van der Waals surface area contributed by atoms with E-state index < -0.39 is 0 Å². The maximum atomic E-state index is 5.98. The Bertz CT molecular complexity index is 530. The van der Waals surface area contributed by atoms with Crippen molar-refractivity contribution in [1.82, 2.24) is 15.1 Å². The van der Waals surface area contributed by atoms with E-state index in [-0.39, 0.29) is 0 Å². The normalized spacial score (nSPS) is 23.5. The van der Waals surface area contributed by atoms with Gasteiger partial charge in [0.25, 0.3) is 0 Å². The average Bonchev–Trinajstić information content (AvgIpc) is 3.22. The quantitative estimate of drug-likeness (QED) is 0.661. The molecule has 1 N–H and O–H groups in total. The zero-order valence-corrected chi connectivity index (χ0v) is 15.2. The summed E-state index contributed by atoms with van der Waals surface area (Å²) in [4.78, 5) is 10.7. The summed E-state index contributed by atoms with van der Waals surface area (Å²) in [5.74, 6) is 1.02. The number of aliphatic imine (C=N–C) groups is 1. The number of likely N-dealkylation sites (tertiary alicyclic amines) is 1. The molecule has 2 saturated heterocycles. The lowest BCUT2D eigenvalue weighted by atomic mass is 10.2. The number of morpholine rings is 1. The molecule has 1 unspecified atom stereocenters. The van der Waals surface area contributed by atoms with Crippen molar-refractivity contribution in [3.8, 4) is 0 Å². The van der Waals surface area contributed by atoms with Crippen LogP contribution in [0.25, 0.3) is 0 Å². The molecule has 23 heavy (non-hydrogen) atoms. The molecule has 0 radical (unpaired) electrons. The van der Waals surface area contributed by atoms with Crippen molar-refractivity contribution >= 4 is 28.9 Å². The molecular formula is C16H25ClN4OS. The molecule has 2 aliphatic heterocycles. The van der Waals surface area contributed by atoms with Crippen molar-refractivity contribution in [2.24, 2.45) is 4.99 Å². The van der Waals surface area contributed by atoms with Gasteiger partial charge < -0.3 is 15.0 Å². The molecule has 0 bridgehead atoms. The molecule has 2 fully saturated rings. The fraction of sp³-hybridized carbons (Fsp3) is 0.688. The van der Waals surface area contributed by atoms with Gasteiger partial charge in [-0.25, -0.2) is 0 Å². The Balaban J connectivity index is 1.45. The molecule has 1 atom stereocenters. The van der Waals surface area contributed by atoms with Crippen molar-refractivity contribution in [1.29, 1.82) is 0 Å². The first-order chi connectivity index (χ1) is 11.3. The van der Waals surface area contributed by atoms with Gasteiger partial charge in [-0.3, -0.25) is 9.89 Å².